The Morgan fingerprint density at radius 3 is 2.64 bits per heavy atom. The Morgan fingerprint density at radius 2 is 2.21 bits per heavy atom. The van der Waals surface area contributed by atoms with E-state index in [-0.39, 0.29) is 12.1 Å². The molecule has 0 aromatic carbocycles. The summed E-state index contributed by atoms with van der Waals surface area (Å²) >= 11 is 0. The third kappa shape index (κ3) is 1.88. The highest BCUT2D eigenvalue weighted by Crippen LogP contribution is 2.31. The van der Waals surface area contributed by atoms with Crippen LogP contribution >= 0.6 is 0 Å². The first-order valence-electron chi connectivity index (χ1n) is 3.67. The average molecular weight is 204 g/mol. The first-order chi connectivity index (χ1) is 6.50. The minimum Gasteiger partial charge on any atom is -0.392 e. The zero-order valence-electron chi connectivity index (χ0n) is 7.04. The average Bonchev–Trinajstić information content (AvgIpc) is 2.47. The highest BCUT2D eigenvalue weighted by Gasteiger charge is 2.37. The molecular formula is C8H7F3N2O. The van der Waals surface area contributed by atoms with Gasteiger partial charge in [0.25, 0.3) is 0 Å². The molecule has 0 amide bonds. The van der Waals surface area contributed by atoms with Gasteiger partial charge in [-0.05, 0) is 0 Å². The highest BCUT2D eigenvalue weighted by atomic mass is 19.4. The maximum Gasteiger partial charge on any atom is 0.433 e. The molecule has 0 aliphatic heterocycles. The summed E-state index contributed by atoms with van der Waals surface area (Å²) < 4.78 is 37.9. The third-order valence-electron chi connectivity index (χ3n) is 1.60. The van der Waals surface area contributed by atoms with Crippen molar-refractivity contribution in [2.24, 2.45) is 0 Å². The van der Waals surface area contributed by atoms with E-state index in [1.165, 1.54) is 0 Å². The number of alkyl halides is 3. The normalized spacial score (nSPS) is 11.4. The fourth-order valence-electron chi connectivity index (χ4n) is 1.07. The molecule has 0 radical (unpaired) electrons. The monoisotopic (exact) mass is 204 g/mol. The van der Waals surface area contributed by atoms with Crippen molar-refractivity contribution >= 4 is 0 Å². The fourth-order valence-corrected chi connectivity index (χ4v) is 1.07. The number of nitrogens with zero attached hydrogens (tertiary/aromatic N) is 2. The van der Waals surface area contributed by atoms with Crippen LogP contribution in [0.4, 0.5) is 13.2 Å². The Balaban J connectivity index is 3.21. The highest BCUT2D eigenvalue weighted by molar-refractivity contribution is 5.20. The van der Waals surface area contributed by atoms with Crippen molar-refractivity contribution in [3.63, 3.8) is 0 Å². The molecule has 14 heavy (non-hydrogen) atoms. The van der Waals surface area contributed by atoms with Gasteiger partial charge in [-0.15, -0.1) is 6.42 Å². The van der Waals surface area contributed by atoms with Crippen LogP contribution in [-0.4, -0.2) is 14.9 Å². The van der Waals surface area contributed by atoms with E-state index < -0.39 is 18.5 Å². The number of aromatic nitrogens is 2. The zero-order valence-corrected chi connectivity index (χ0v) is 7.04. The van der Waals surface area contributed by atoms with E-state index in [0.717, 1.165) is 6.20 Å². The quantitative estimate of drug-likeness (QED) is 0.730. The molecule has 1 heterocycles. The lowest BCUT2D eigenvalue weighted by Gasteiger charge is -2.09. The summed E-state index contributed by atoms with van der Waals surface area (Å²) in [5.74, 6) is 2.05. The predicted molar refractivity (Wildman–Crippen MR) is 42.0 cm³/mol. The van der Waals surface area contributed by atoms with Gasteiger partial charge in [0.2, 0.25) is 0 Å². The second kappa shape index (κ2) is 3.72. The molecule has 0 atom stereocenters. The maximum atomic E-state index is 12.4. The largest absolute Gasteiger partial charge is 0.433 e. The summed E-state index contributed by atoms with van der Waals surface area (Å²) in [5.41, 5.74) is -1.26. The standard InChI is InChI=1S/C8H7F3N2O/c1-2-3-13-7(8(9,10)11)6(5-14)4-12-13/h1,4,14H,3,5H2. The Bertz CT molecular complexity index is 362. The van der Waals surface area contributed by atoms with Crippen LogP contribution in [-0.2, 0) is 19.3 Å². The van der Waals surface area contributed by atoms with Crippen molar-refractivity contribution in [1.29, 1.82) is 0 Å². The molecule has 6 heteroatoms. The molecule has 0 spiro atoms. The van der Waals surface area contributed by atoms with Crippen molar-refractivity contribution in [2.45, 2.75) is 19.3 Å². The first-order valence-corrected chi connectivity index (χ1v) is 3.67. The van der Waals surface area contributed by atoms with Gasteiger partial charge >= 0.3 is 6.18 Å². The van der Waals surface area contributed by atoms with E-state index in [9.17, 15) is 13.2 Å². The maximum absolute atomic E-state index is 12.4. The van der Waals surface area contributed by atoms with Crippen molar-refractivity contribution in [3.05, 3.63) is 17.5 Å². The van der Waals surface area contributed by atoms with Gasteiger partial charge in [0.05, 0.1) is 12.8 Å². The van der Waals surface area contributed by atoms with Gasteiger partial charge < -0.3 is 5.11 Å². The predicted octanol–water partition coefficient (Wildman–Crippen LogP) is 1.03. The van der Waals surface area contributed by atoms with Crippen LogP contribution in [0.1, 0.15) is 11.3 Å². The summed E-state index contributed by atoms with van der Waals surface area (Å²) in [6.07, 6.45) is 1.29. The molecule has 1 aromatic rings. The second-order valence-electron chi connectivity index (χ2n) is 2.54. The second-order valence-corrected chi connectivity index (χ2v) is 2.54. The molecule has 1 aromatic heterocycles. The number of hydrogen-bond acceptors (Lipinski definition) is 2. The van der Waals surface area contributed by atoms with E-state index in [4.69, 9.17) is 11.5 Å². The lowest BCUT2D eigenvalue weighted by Crippen LogP contribution is -2.16. The van der Waals surface area contributed by atoms with Crippen molar-refractivity contribution in [3.8, 4) is 12.3 Å². The van der Waals surface area contributed by atoms with Gasteiger partial charge in [-0.2, -0.15) is 18.3 Å². The number of halogens is 3. The van der Waals surface area contributed by atoms with Gasteiger partial charge in [-0.3, -0.25) is 0 Å². The third-order valence-corrected chi connectivity index (χ3v) is 1.60. The number of hydrogen-bond donors (Lipinski definition) is 1. The van der Waals surface area contributed by atoms with Gasteiger partial charge in [0, 0.05) is 5.56 Å². The lowest BCUT2D eigenvalue weighted by molar-refractivity contribution is -0.145. The van der Waals surface area contributed by atoms with Gasteiger partial charge in [-0.25, -0.2) is 4.68 Å². The van der Waals surface area contributed by atoms with Crippen molar-refractivity contribution < 1.29 is 18.3 Å². The van der Waals surface area contributed by atoms with E-state index in [1.54, 1.807) is 0 Å². The molecule has 0 unspecified atom stereocenters. The summed E-state index contributed by atoms with van der Waals surface area (Å²) in [6, 6.07) is 0. The van der Waals surface area contributed by atoms with Crippen LogP contribution < -0.4 is 0 Å². The Hall–Kier alpha value is -1.48. The lowest BCUT2D eigenvalue weighted by atomic mass is 10.2. The van der Waals surface area contributed by atoms with Crippen LogP contribution in [0.5, 0.6) is 0 Å². The molecule has 1 N–H and O–H groups in total. The topological polar surface area (TPSA) is 38.0 Å². The van der Waals surface area contributed by atoms with E-state index in [2.05, 4.69) is 11.0 Å². The van der Waals surface area contributed by atoms with E-state index in [0.29, 0.717) is 4.68 Å². The van der Waals surface area contributed by atoms with Crippen LogP contribution in [0.2, 0.25) is 0 Å². The molecule has 76 valence electrons. The van der Waals surface area contributed by atoms with Crippen LogP contribution in [0, 0.1) is 12.3 Å². The van der Waals surface area contributed by atoms with Crippen LogP contribution in [0.25, 0.3) is 0 Å². The van der Waals surface area contributed by atoms with Gasteiger partial charge in [0.1, 0.15) is 12.2 Å². The summed E-state index contributed by atoms with van der Waals surface area (Å²) in [5, 5.41) is 12.1. The van der Waals surface area contributed by atoms with Gasteiger partial charge in [-0.1, -0.05) is 5.92 Å². The molecule has 1 rings (SSSR count). The zero-order chi connectivity index (χ0) is 10.8. The molecule has 0 aliphatic carbocycles. The van der Waals surface area contributed by atoms with Crippen LogP contribution in [0.15, 0.2) is 6.20 Å². The van der Waals surface area contributed by atoms with Gasteiger partial charge in [0.15, 0.2) is 0 Å². The molecule has 0 bridgehead atoms. The Kier molecular flexibility index (Phi) is 2.81. The Morgan fingerprint density at radius 1 is 1.57 bits per heavy atom. The summed E-state index contributed by atoms with van der Waals surface area (Å²) in [6.45, 7) is -0.978. The van der Waals surface area contributed by atoms with E-state index >= 15 is 0 Å². The molecule has 3 nitrogen and oxygen atoms in total. The minimum atomic E-state index is -4.55. The summed E-state index contributed by atoms with van der Waals surface area (Å²) in [4.78, 5) is 0. The molecular weight excluding hydrogens is 197 g/mol. The molecule has 0 saturated heterocycles. The SMILES string of the molecule is C#CCn1ncc(CO)c1C(F)(F)F. The van der Waals surface area contributed by atoms with Crippen molar-refractivity contribution in [1.82, 2.24) is 9.78 Å². The Labute approximate surface area is 78.2 Å². The molecule has 0 saturated carbocycles. The number of terminal acetylenes is 1. The van der Waals surface area contributed by atoms with Crippen LogP contribution in [0.3, 0.4) is 0 Å². The fraction of sp³-hybridized carbons (Fsp3) is 0.375. The molecule has 0 aliphatic rings. The number of rotatable bonds is 2. The summed E-state index contributed by atoms with van der Waals surface area (Å²) in [7, 11) is 0. The number of aliphatic hydroxyl groups excluding tert-OH is 1. The number of aliphatic hydroxyl groups is 1. The van der Waals surface area contributed by atoms with Crippen molar-refractivity contribution in [2.75, 3.05) is 0 Å². The smallest absolute Gasteiger partial charge is 0.392 e. The first kappa shape index (κ1) is 10.6. The minimum absolute atomic E-state index is 0.269. The molecule has 0 fully saturated rings. The van der Waals surface area contributed by atoms with E-state index in [1.807, 2.05) is 0 Å².